The molecule has 0 saturated carbocycles. The first-order valence-corrected chi connectivity index (χ1v) is 8.94. The molecule has 0 aliphatic carbocycles. The predicted octanol–water partition coefficient (Wildman–Crippen LogP) is 2.78. The monoisotopic (exact) mass is 362 g/mol. The average Bonchev–Trinajstić information content (AvgIpc) is 3.05. The second-order valence-electron chi connectivity index (χ2n) is 6.53. The Morgan fingerprint density at radius 3 is 2.41 bits per heavy atom. The van der Waals surface area contributed by atoms with Gasteiger partial charge in [-0.3, -0.25) is 14.6 Å². The minimum Gasteiger partial charge on any atom is -0.465 e. The van der Waals surface area contributed by atoms with Gasteiger partial charge in [0.1, 0.15) is 11.6 Å². The van der Waals surface area contributed by atoms with Gasteiger partial charge in [-0.2, -0.15) is 0 Å². The van der Waals surface area contributed by atoms with E-state index in [2.05, 4.69) is 17.3 Å². The maximum absolute atomic E-state index is 13.0. The number of rotatable bonds is 3. The second-order valence-corrected chi connectivity index (χ2v) is 6.53. The van der Waals surface area contributed by atoms with E-state index in [1.54, 1.807) is 31.2 Å². The predicted molar refractivity (Wildman–Crippen MR) is 103 cm³/mol. The van der Waals surface area contributed by atoms with Gasteiger partial charge in [-0.05, 0) is 38.1 Å². The van der Waals surface area contributed by atoms with Gasteiger partial charge in [-0.15, -0.1) is 0 Å². The lowest BCUT2D eigenvalue weighted by atomic mass is 9.94. The van der Waals surface area contributed by atoms with E-state index in [4.69, 9.17) is 4.74 Å². The Labute approximate surface area is 159 Å². The summed E-state index contributed by atoms with van der Waals surface area (Å²) in [6, 6.07) is 17.9. The van der Waals surface area contributed by atoms with Crippen LogP contribution in [-0.4, -0.2) is 35.1 Å². The first-order chi connectivity index (χ1) is 13.0. The molecular formula is C22H22N2O3. The summed E-state index contributed by atoms with van der Waals surface area (Å²) in [6.45, 7) is 3.90. The molecular weight excluding hydrogens is 340 g/mol. The normalized spacial score (nSPS) is 21.3. The summed E-state index contributed by atoms with van der Waals surface area (Å²) in [7, 11) is 0. The van der Waals surface area contributed by atoms with Gasteiger partial charge in [-0.1, -0.05) is 48.2 Å². The highest BCUT2D eigenvalue weighted by atomic mass is 16.5. The SMILES string of the molecule is CCOC(=O)[C@@H]1C[C@@](C)(C#Cc2ccccc2)N(C(=O)c2ccccc2)N1. The zero-order valence-electron chi connectivity index (χ0n) is 15.4. The molecule has 27 heavy (non-hydrogen) atoms. The number of hydrogen-bond acceptors (Lipinski definition) is 4. The van der Waals surface area contributed by atoms with Crippen molar-refractivity contribution < 1.29 is 14.3 Å². The number of esters is 1. The molecule has 0 unspecified atom stereocenters. The summed E-state index contributed by atoms with van der Waals surface area (Å²) in [5.74, 6) is 5.70. The third-order valence-electron chi connectivity index (χ3n) is 4.42. The van der Waals surface area contributed by atoms with Crippen molar-refractivity contribution in [2.45, 2.75) is 31.8 Å². The molecule has 3 rings (SSSR count). The van der Waals surface area contributed by atoms with E-state index in [-0.39, 0.29) is 18.5 Å². The number of hydrazine groups is 1. The van der Waals surface area contributed by atoms with Crippen molar-refractivity contribution in [1.82, 2.24) is 10.4 Å². The van der Waals surface area contributed by atoms with E-state index in [1.165, 1.54) is 5.01 Å². The van der Waals surface area contributed by atoms with Gasteiger partial charge < -0.3 is 4.74 Å². The van der Waals surface area contributed by atoms with E-state index in [0.717, 1.165) is 5.56 Å². The quantitative estimate of drug-likeness (QED) is 0.674. The lowest BCUT2D eigenvalue weighted by Gasteiger charge is -2.29. The number of carbonyl (C=O) groups excluding carboxylic acids is 2. The Morgan fingerprint density at radius 1 is 1.15 bits per heavy atom. The first kappa shape index (κ1) is 18.7. The first-order valence-electron chi connectivity index (χ1n) is 8.94. The number of amides is 1. The van der Waals surface area contributed by atoms with Crippen LogP contribution in [0.3, 0.4) is 0 Å². The average molecular weight is 362 g/mol. The minimum atomic E-state index is -0.847. The van der Waals surface area contributed by atoms with Crippen molar-refractivity contribution in [2.24, 2.45) is 0 Å². The molecule has 5 heteroatoms. The molecule has 1 fully saturated rings. The summed E-state index contributed by atoms with van der Waals surface area (Å²) in [5, 5.41) is 1.46. The number of nitrogens with one attached hydrogen (secondary N) is 1. The second kappa shape index (κ2) is 8.07. The summed E-state index contributed by atoms with van der Waals surface area (Å²) in [5.41, 5.74) is 3.54. The fourth-order valence-electron chi connectivity index (χ4n) is 3.04. The van der Waals surface area contributed by atoms with Gasteiger partial charge >= 0.3 is 5.97 Å². The van der Waals surface area contributed by atoms with Gasteiger partial charge in [0.05, 0.1) is 6.61 Å². The summed E-state index contributed by atoms with van der Waals surface area (Å²) in [6.07, 6.45) is 0.351. The molecule has 0 radical (unpaired) electrons. The van der Waals surface area contributed by atoms with Gasteiger partial charge in [0.15, 0.2) is 0 Å². The van der Waals surface area contributed by atoms with Crippen LogP contribution in [0.4, 0.5) is 0 Å². The molecule has 1 saturated heterocycles. The zero-order valence-corrected chi connectivity index (χ0v) is 15.4. The fraction of sp³-hybridized carbons (Fsp3) is 0.273. The third-order valence-corrected chi connectivity index (χ3v) is 4.42. The Hall–Kier alpha value is -3.10. The van der Waals surface area contributed by atoms with Crippen LogP contribution in [0.25, 0.3) is 0 Å². The Bertz CT molecular complexity index is 871. The molecule has 0 bridgehead atoms. The van der Waals surface area contributed by atoms with E-state index in [1.807, 2.05) is 43.3 Å². The van der Waals surface area contributed by atoms with Crippen LogP contribution in [0.15, 0.2) is 60.7 Å². The highest BCUT2D eigenvalue weighted by Gasteiger charge is 2.47. The van der Waals surface area contributed by atoms with Crippen LogP contribution in [0.5, 0.6) is 0 Å². The molecule has 138 valence electrons. The van der Waals surface area contributed by atoms with Crippen LogP contribution in [0, 0.1) is 11.8 Å². The summed E-state index contributed by atoms with van der Waals surface area (Å²) < 4.78 is 5.13. The van der Waals surface area contributed by atoms with Gasteiger partial charge in [-0.25, -0.2) is 5.43 Å². The fourth-order valence-corrected chi connectivity index (χ4v) is 3.04. The van der Waals surface area contributed by atoms with Gasteiger partial charge in [0, 0.05) is 17.5 Å². The molecule has 1 amide bonds. The molecule has 1 N–H and O–H groups in total. The van der Waals surface area contributed by atoms with Crippen LogP contribution >= 0.6 is 0 Å². The largest absolute Gasteiger partial charge is 0.465 e. The molecule has 0 aromatic heterocycles. The van der Waals surface area contributed by atoms with Crippen LogP contribution in [0.1, 0.15) is 36.2 Å². The number of ether oxygens (including phenoxy) is 1. The van der Waals surface area contributed by atoms with E-state index in [0.29, 0.717) is 12.0 Å². The highest BCUT2D eigenvalue weighted by molar-refractivity contribution is 5.95. The van der Waals surface area contributed by atoms with Crippen LogP contribution in [-0.2, 0) is 9.53 Å². The number of nitrogens with zero attached hydrogens (tertiary/aromatic N) is 1. The number of benzene rings is 2. The Kier molecular flexibility index (Phi) is 5.58. The molecule has 2 aromatic rings. The van der Waals surface area contributed by atoms with Gasteiger partial charge in [0.2, 0.25) is 0 Å². The molecule has 1 aliphatic rings. The van der Waals surface area contributed by atoms with Crippen molar-refractivity contribution in [1.29, 1.82) is 0 Å². The molecule has 2 aromatic carbocycles. The molecule has 5 nitrogen and oxygen atoms in total. The topological polar surface area (TPSA) is 58.6 Å². The molecule has 1 heterocycles. The number of carbonyl (C=O) groups is 2. The lowest BCUT2D eigenvalue weighted by Crippen LogP contribution is -2.50. The van der Waals surface area contributed by atoms with E-state index < -0.39 is 11.6 Å². The maximum atomic E-state index is 13.0. The van der Waals surface area contributed by atoms with E-state index in [9.17, 15) is 9.59 Å². The zero-order chi connectivity index (χ0) is 19.3. The maximum Gasteiger partial charge on any atom is 0.325 e. The van der Waals surface area contributed by atoms with Crippen molar-refractivity contribution in [3.05, 3.63) is 71.8 Å². The molecule has 1 aliphatic heterocycles. The molecule has 2 atom stereocenters. The Balaban J connectivity index is 1.93. The van der Waals surface area contributed by atoms with Gasteiger partial charge in [0.25, 0.3) is 5.91 Å². The highest BCUT2D eigenvalue weighted by Crippen LogP contribution is 2.28. The van der Waals surface area contributed by atoms with Crippen LogP contribution < -0.4 is 5.43 Å². The smallest absolute Gasteiger partial charge is 0.325 e. The summed E-state index contributed by atoms with van der Waals surface area (Å²) >= 11 is 0. The Morgan fingerprint density at radius 2 is 1.78 bits per heavy atom. The standard InChI is InChI=1S/C22H22N2O3/c1-3-27-21(26)19-16-22(2,15-14-17-10-6-4-7-11-17)24(23-19)20(25)18-12-8-5-9-13-18/h4-13,19,23H,3,16H2,1-2H3/t19-,22+/m0/s1. The van der Waals surface area contributed by atoms with Crippen molar-refractivity contribution in [2.75, 3.05) is 6.61 Å². The molecule has 0 spiro atoms. The third kappa shape index (κ3) is 4.18. The van der Waals surface area contributed by atoms with Crippen molar-refractivity contribution in [3.63, 3.8) is 0 Å². The van der Waals surface area contributed by atoms with Crippen LogP contribution in [0.2, 0.25) is 0 Å². The van der Waals surface area contributed by atoms with E-state index >= 15 is 0 Å². The lowest BCUT2D eigenvalue weighted by molar-refractivity contribution is -0.145. The number of hydrogen-bond donors (Lipinski definition) is 1. The van der Waals surface area contributed by atoms with Crippen molar-refractivity contribution in [3.8, 4) is 11.8 Å². The van der Waals surface area contributed by atoms with Crippen molar-refractivity contribution >= 4 is 11.9 Å². The summed E-state index contributed by atoms with van der Waals surface area (Å²) in [4.78, 5) is 25.3. The minimum absolute atomic E-state index is 0.229.